The number of anilines is 1. The third-order valence-corrected chi connectivity index (χ3v) is 2.67. The number of nitrogens with one attached hydrogen (secondary N) is 2. The van der Waals surface area contributed by atoms with Crippen molar-refractivity contribution in [3.05, 3.63) is 46.5 Å². The van der Waals surface area contributed by atoms with E-state index in [4.69, 9.17) is 10.3 Å². The minimum absolute atomic E-state index is 0.284. The predicted octanol–water partition coefficient (Wildman–Crippen LogP) is 1.65. The SMILES string of the molecule is NNc1ncc(Br)cc1C(=O)NCc1ccco1. The number of pyridine rings is 1. The fourth-order valence-corrected chi connectivity index (χ4v) is 1.73. The van der Waals surface area contributed by atoms with E-state index in [0.29, 0.717) is 28.2 Å². The summed E-state index contributed by atoms with van der Waals surface area (Å²) < 4.78 is 5.82. The zero-order valence-corrected chi connectivity index (χ0v) is 10.9. The zero-order valence-electron chi connectivity index (χ0n) is 9.31. The number of nitrogens with zero attached hydrogens (tertiary/aromatic N) is 1. The largest absolute Gasteiger partial charge is 0.467 e. The monoisotopic (exact) mass is 310 g/mol. The van der Waals surface area contributed by atoms with Crippen LogP contribution in [0.15, 0.2) is 39.5 Å². The molecular weight excluding hydrogens is 300 g/mol. The summed E-state index contributed by atoms with van der Waals surface area (Å²) in [4.78, 5) is 16.0. The van der Waals surface area contributed by atoms with Crippen molar-refractivity contribution in [2.24, 2.45) is 5.84 Å². The molecule has 0 spiro atoms. The van der Waals surface area contributed by atoms with E-state index >= 15 is 0 Å². The van der Waals surface area contributed by atoms with E-state index in [1.807, 2.05) is 0 Å². The van der Waals surface area contributed by atoms with Gasteiger partial charge in [0.1, 0.15) is 5.76 Å². The second-order valence-electron chi connectivity index (χ2n) is 3.46. The molecule has 0 aliphatic rings. The van der Waals surface area contributed by atoms with Gasteiger partial charge in [-0.2, -0.15) is 0 Å². The molecule has 94 valence electrons. The molecule has 2 heterocycles. The number of nitrogens with two attached hydrogens (primary N) is 1. The summed E-state index contributed by atoms with van der Waals surface area (Å²) in [6.45, 7) is 0.308. The standard InChI is InChI=1S/C11H11BrN4O2/c12-7-4-9(10(16-13)14-5-7)11(17)15-6-8-2-1-3-18-8/h1-5H,6,13H2,(H,14,16)(H,15,17). The summed E-state index contributed by atoms with van der Waals surface area (Å²) in [7, 11) is 0. The van der Waals surface area contributed by atoms with E-state index in [9.17, 15) is 4.79 Å². The fraction of sp³-hybridized carbons (Fsp3) is 0.0909. The van der Waals surface area contributed by atoms with Gasteiger partial charge >= 0.3 is 0 Å². The van der Waals surface area contributed by atoms with E-state index in [-0.39, 0.29) is 5.91 Å². The van der Waals surface area contributed by atoms with Crippen molar-refractivity contribution >= 4 is 27.7 Å². The first-order chi connectivity index (χ1) is 8.70. The fourth-order valence-electron chi connectivity index (χ4n) is 1.40. The number of rotatable bonds is 4. The Kier molecular flexibility index (Phi) is 3.96. The Labute approximate surface area is 112 Å². The number of aromatic nitrogens is 1. The second kappa shape index (κ2) is 5.65. The molecule has 18 heavy (non-hydrogen) atoms. The van der Waals surface area contributed by atoms with Gasteiger partial charge in [-0.05, 0) is 34.1 Å². The highest BCUT2D eigenvalue weighted by Gasteiger charge is 2.12. The molecule has 0 saturated heterocycles. The average molecular weight is 311 g/mol. The number of carbonyl (C=O) groups excluding carboxylic acids is 1. The van der Waals surface area contributed by atoms with Crippen LogP contribution in [0.3, 0.4) is 0 Å². The van der Waals surface area contributed by atoms with Crippen molar-refractivity contribution in [2.45, 2.75) is 6.54 Å². The Balaban J connectivity index is 2.10. The molecule has 0 aliphatic heterocycles. The molecule has 0 saturated carbocycles. The van der Waals surface area contributed by atoms with Gasteiger partial charge in [-0.25, -0.2) is 10.8 Å². The van der Waals surface area contributed by atoms with Gasteiger partial charge in [-0.1, -0.05) is 0 Å². The molecular formula is C11H11BrN4O2. The molecule has 6 nitrogen and oxygen atoms in total. The van der Waals surface area contributed by atoms with Crippen molar-refractivity contribution in [1.29, 1.82) is 0 Å². The normalized spacial score (nSPS) is 10.1. The van der Waals surface area contributed by atoms with Crippen LogP contribution in [0, 0.1) is 0 Å². The van der Waals surface area contributed by atoms with E-state index in [1.54, 1.807) is 30.7 Å². The number of hydrazine groups is 1. The maximum Gasteiger partial charge on any atom is 0.255 e. The van der Waals surface area contributed by atoms with Crippen molar-refractivity contribution in [3.8, 4) is 0 Å². The van der Waals surface area contributed by atoms with E-state index in [0.717, 1.165) is 0 Å². The van der Waals surface area contributed by atoms with Crippen molar-refractivity contribution < 1.29 is 9.21 Å². The van der Waals surface area contributed by atoms with E-state index < -0.39 is 0 Å². The Bertz CT molecular complexity index is 542. The van der Waals surface area contributed by atoms with Crippen molar-refractivity contribution in [3.63, 3.8) is 0 Å². The van der Waals surface area contributed by atoms with Gasteiger partial charge in [0.05, 0.1) is 18.4 Å². The minimum Gasteiger partial charge on any atom is -0.467 e. The first-order valence-electron chi connectivity index (χ1n) is 5.13. The highest BCUT2D eigenvalue weighted by molar-refractivity contribution is 9.10. The van der Waals surface area contributed by atoms with Crippen LogP contribution in [-0.2, 0) is 6.54 Å². The lowest BCUT2D eigenvalue weighted by atomic mass is 10.2. The van der Waals surface area contributed by atoms with E-state index in [2.05, 4.69) is 31.7 Å². The van der Waals surface area contributed by atoms with Gasteiger partial charge in [0.2, 0.25) is 0 Å². The zero-order chi connectivity index (χ0) is 13.0. The van der Waals surface area contributed by atoms with Gasteiger partial charge in [0.15, 0.2) is 5.82 Å². The number of furan rings is 1. The molecule has 2 aromatic heterocycles. The smallest absolute Gasteiger partial charge is 0.255 e. The third-order valence-electron chi connectivity index (χ3n) is 2.24. The van der Waals surface area contributed by atoms with Crippen LogP contribution >= 0.6 is 15.9 Å². The van der Waals surface area contributed by atoms with Crippen LogP contribution in [0.25, 0.3) is 0 Å². The summed E-state index contributed by atoms with van der Waals surface area (Å²) in [6.07, 6.45) is 3.10. The van der Waals surface area contributed by atoms with Crippen LogP contribution in [0.1, 0.15) is 16.1 Å². The highest BCUT2D eigenvalue weighted by atomic mass is 79.9. The number of halogens is 1. The summed E-state index contributed by atoms with van der Waals surface area (Å²) >= 11 is 3.25. The van der Waals surface area contributed by atoms with Crippen LogP contribution in [0.4, 0.5) is 5.82 Å². The first-order valence-corrected chi connectivity index (χ1v) is 5.92. The Morgan fingerprint density at radius 2 is 2.39 bits per heavy atom. The predicted molar refractivity (Wildman–Crippen MR) is 69.6 cm³/mol. The Hall–Kier alpha value is -1.86. The van der Waals surface area contributed by atoms with Gasteiger partial charge in [-0.15, -0.1) is 0 Å². The number of hydrogen-bond donors (Lipinski definition) is 3. The van der Waals surface area contributed by atoms with Crippen LogP contribution < -0.4 is 16.6 Å². The molecule has 0 unspecified atom stereocenters. The number of carbonyl (C=O) groups is 1. The van der Waals surface area contributed by atoms with Crippen LogP contribution in [0.5, 0.6) is 0 Å². The molecule has 1 amide bonds. The molecule has 0 atom stereocenters. The number of hydrogen-bond acceptors (Lipinski definition) is 5. The Morgan fingerprint density at radius 3 is 3.06 bits per heavy atom. The Morgan fingerprint density at radius 1 is 1.56 bits per heavy atom. The lowest BCUT2D eigenvalue weighted by molar-refractivity contribution is 0.0948. The molecule has 0 radical (unpaired) electrons. The molecule has 0 aliphatic carbocycles. The summed E-state index contributed by atoms with van der Waals surface area (Å²) in [5.41, 5.74) is 2.74. The van der Waals surface area contributed by atoms with Gasteiger partial charge < -0.3 is 15.2 Å². The molecule has 0 bridgehead atoms. The average Bonchev–Trinajstić information content (AvgIpc) is 2.89. The lowest BCUT2D eigenvalue weighted by Gasteiger charge is -2.08. The van der Waals surface area contributed by atoms with Gasteiger partial charge in [-0.3, -0.25) is 4.79 Å². The van der Waals surface area contributed by atoms with E-state index in [1.165, 1.54) is 0 Å². The summed E-state index contributed by atoms with van der Waals surface area (Å²) in [5.74, 6) is 6.01. The first kappa shape index (κ1) is 12.6. The molecule has 2 aromatic rings. The molecule has 0 fully saturated rings. The highest BCUT2D eigenvalue weighted by Crippen LogP contribution is 2.17. The summed E-state index contributed by atoms with van der Waals surface area (Å²) in [6, 6.07) is 5.18. The molecule has 2 rings (SSSR count). The molecule has 7 heteroatoms. The van der Waals surface area contributed by atoms with Gasteiger partial charge in [0.25, 0.3) is 5.91 Å². The van der Waals surface area contributed by atoms with Crippen LogP contribution in [-0.4, -0.2) is 10.9 Å². The van der Waals surface area contributed by atoms with Gasteiger partial charge in [0, 0.05) is 10.7 Å². The number of amides is 1. The maximum absolute atomic E-state index is 12.0. The van der Waals surface area contributed by atoms with Crippen LogP contribution in [0.2, 0.25) is 0 Å². The number of nitrogen functional groups attached to an aromatic ring is 1. The minimum atomic E-state index is -0.284. The van der Waals surface area contributed by atoms with Crippen molar-refractivity contribution in [1.82, 2.24) is 10.3 Å². The van der Waals surface area contributed by atoms with Crippen molar-refractivity contribution in [2.75, 3.05) is 5.43 Å². The molecule has 4 N–H and O–H groups in total. The lowest BCUT2D eigenvalue weighted by Crippen LogP contribution is -2.25. The topological polar surface area (TPSA) is 93.2 Å². The summed E-state index contributed by atoms with van der Waals surface area (Å²) in [5, 5.41) is 2.71. The molecule has 0 aromatic carbocycles. The quantitative estimate of drug-likeness (QED) is 0.590. The maximum atomic E-state index is 12.0. The second-order valence-corrected chi connectivity index (χ2v) is 4.37. The third kappa shape index (κ3) is 2.88.